The van der Waals surface area contributed by atoms with Crippen LogP contribution >= 0.6 is 0 Å². The van der Waals surface area contributed by atoms with Crippen LogP contribution in [-0.4, -0.2) is 32.3 Å². The van der Waals surface area contributed by atoms with Crippen molar-refractivity contribution < 1.29 is 14.2 Å². The third-order valence-corrected chi connectivity index (χ3v) is 3.18. The van der Waals surface area contributed by atoms with Crippen LogP contribution < -0.4 is 25.3 Å². The summed E-state index contributed by atoms with van der Waals surface area (Å²) < 4.78 is 16.4. The topological polar surface area (TPSA) is 78.1 Å². The summed E-state index contributed by atoms with van der Waals surface area (Å²) in [6.45, 7) is 4.86. The number of hydrogen-bond donors (Lipinski definition) is 2. The van der Waals surface area contributed by atoms with Crippen LogP contribution in [-0.2, 0) is 0 Å². The Hall–Kier alpha value is -2.89. The lowest BCUT2D eigenvalue weighted by molar-refractivity contribution is 0.242. The highest BCUT2D eigenvalue weighted by molar-refractivity contribution is 5.92. The van der Waals surface area contributed by atoms with E-state index in [2.05, 4.69) is 10.3 Å². The van der Waals surface area contributed by atoms with Crippen molar-refractivity contribution in [3.05, 3.63) is 48.5 Å². The Morgan fingerprint density at radius 3 is 2.48 bits per heavy atom. The van der Waals surface area contributed by atoms with E-state index < -0.39 is 0 Å². The molecule has 2 aromatic carbocycles. The molecule has 0 aromatic heterocycles. The van der Waals surface area contributed by atoms with E-state index in [1.54, 1.807) is 7.11 Å². The summed E-state index contributed by atoms with van der Waals surface area (Å²) in [4.78, 5) is 4.24. The fourth-order valence-electron chi connectivity index (χ4n) is 2.10. The van der Waals surface area contributed by atoms with Gasteiger partial charge in [0.1, 0.15) is 23.9 Å². The van der Waals surface area contributed by atoms with E-state index in [4.69, 9.17) is 19.9 Å². The number of guanidine groups is 1. The van der Waals surface area contributed by atoms with Gasteiger partial charge >= 0.3 is 0 Å². The maximum absolute atomic E-state index is 5.88. The fraction of sp³-hybridized carbons (Fsp3) is 0.316. The van der Waals surface area contributed by atoms with E-state index in [1.807, 2.05) is 62.4 Å². The Kier molecular flexibility index (Phi) is 6.95. The molecule has 0 bridgehead atoms. The number of nitrogens with two attached hydrogens (primary N) is 1. The molecule has 0 unspecified atom stereocenters. The molecular weight excluding hydrogens is 318 g/mol. The van der Waals surface area contributed by atoms with Crippen LogP contribution in [0.4, 0.5) is 5.69 Å². The lowest BCUT2D eigenvalue weighted by Crippen LogP contribution is -2.23. The van der Waals surface area contributed by atoms with Gasteiger partial charge in [-0.15, -0.1) is 0 Å². The molecule has 6 nitrogen and oxygen atoms in total. The minimum Gasteiger partial charge on any atom is -0.497 e. The molecule has 0 fully saturated rings. The Morgan fingerprint density at radius 1 is 1.08 bits per heavy atom. The number of nitrogens with zero attached hydrogens (tertiary/aromatic N) is 1. The van der Waals surface area contributed by atoms with Gasteiger partial charge in [0.05, 0.1) is 19.8 Å². The van der Waals surface area contributed by atoms with Crippen molar-refractivity contribution in [3.63, 3.8) is 0 Å². The van der Waals surface area contributed by atoms with Gasteiger partial charge in [0.25, 0.3) is 0 Å². The number of benzene rings is 2. The summed E-state index contributed by atoms with van der Waals surface area (Å²) in [6.07, 6.45) is 0.148. The van der Waals surface area contributed by atoms with Gasteiger partial charge in [-0.05, 0) is 50.2 Å². The van der Waals surface area contributed by atoms with Crippen molar-refractivity contribution in [3.8, 4) is 17.2 Å². The number of aliphatic imine (C=N–C) groups is 1. The maximum atomic E-state index is 5.88. The molecular formula is C19H25N3O3. The van der Waals surface area contributed by atoms with Gasteiger partial charge in [-0.2, -0.15) is 0 Å². The predicted molar refractivity (Wildman–Crippen MR) is 101 cm³/mol. The average molecular weight is 343 g/mol. The molecule has 0 heterocycles. The highest BCUT2D eigenvalue weighted by Crippen LogP contribution is 2.19. The molecule has 0 aliphatic heterocycles. The van der Waals surface area contributed by atoms with Crippen LogP contribution in [0, 0.1) is 0 Å². The molecule has 25 heavy (non-hydrogen) atoms. The van der Waals surface area contributed by atoms with Gasteiger partial charge in [-0.25, -0.2) is 4.99 Å². The van der Waals surface area contributed by atoms with Gasteiger partial charge in [0.15, 0.2) is 5.96 Å². The summed E-state index contributed by atoms with van der Waals surface area (Å²) in [5.74, 6) is 2.66. The van der Waals surface area contributed by atoms with Gasteiger partial charge in [0.2, 0.25) is 0 Å². The number of nitrogens with one attached hydrogen (secondary N) is 1. The van der Waals surface area contributed by atoms with E-state index >= 15 is 0 Å². The molecule has 0 amide bonds. The molecule has 0 saturated carbocycles. The standard InChI is InChI=1S/C19H25N3O3/c1-14(2)25-16-9-7-15(8-10-16)22-19(20)21-11-12-24-18-6-4-5-17(13-18)23-3/h4-10,13-14H,11-12H2,1-3H3,(H3,20,21,22). The van der Waals surface area contributed by atoms with Gasteiger partial charge in [-0.3, -0.25) is 0 Å². The van der Waals surface area contributed by atoms with Crippen LogP contribution in [0.15, 0.2) is 53.5 Å². The number of rotatable bonds is 8. The van der Waals surface area contributed by atoms with Gasteiger partial charge in [0, 0.05) is 11.8 Å². The molecule has 6 heteroatoms. The quantitative estimate of drug-likeness (QED) is 0.437. The van der Waals surface area contributed by atoms with E-state index in [9.17, 15) is 0 Å². The predicted octanol–water partition coefficient (Wildman–Crippen LogP) is 3.29. The molecule has 0 spiro atoms. The Labute approximate surface area is 148 Å². The first-order chi connectivity index (χ1) is 12.1. The van der Waals surface area contributed by atoms with Gasteiger partial charge < -0.3 is 25.3 Å². The Bertz CT molecular complexity index is 685. The third kappa shape index (κ3) is 6.63. The summed E-state index contributed by atoms with van der Waals surface area (Å²) in [5.41, 5.74) is 6.73. The van der Waals surface area contributed by atoms with Crippen molar-refractivity contribution in [2.75, 3.05) is 25.6 Å². The fourth-order valence-corrected chi connectivity index (χ4v) is 2.10. The van der Waals surface area contributed by atoms with Crippen molar-refractivity contribution in [1.82, 2.24) is 0 Å². The largest absolute Gasteiger partial charge is 0.497 e. The smallest absolute Gasteiger partial charge is 0.193 e. The van der Waals surface area contributed by atoms with Crippen molar-refractivity contribution in [2.45, 2.75) is 20.0 Å². The summed E-state index contributed by atoms with van der Waals surface area (Å²) in [7, 11) is 1.62. The first kappa shape index (κ1) is 18.4. The molecule has 0 saturated heterocycles. The average Bonchev–Trinajstić information content (AvgIpc) is 2.60. The number of hydrogen-bond acceptors (Lipinski definition) is 4. The van der Waals surface area contributed by atoms with E-state index in [0.717, 1.165) is 22.9 Å². The van der Waals surface area contributed by atoms with Crippen molar-refractivity contribution >= 4 is 11.6 Å². The third-order valence-electron chi connectivity index (χ3n) is 3.18. The summed E-state index contributed by atoms with van der Waals surface area (Å²) >= 11 is 0. The van der Waals surface area contributed by atoms with Crippen molar-refractivity contribution in [1.29, 1.82) is 0 Å². The highest BCUT2D eigenvalue weighted by Gasteiger charge is 2.00. The van der Waals surface area contributed by atoms with Crippen LogP contribution in [0.2, 0.25) is 0 Å². The second-order valence-electron chi connectivity index (χ2n) is 5.61. The molecule has 2 aromatic rings. The minimum atomic E-state index is 0.148. The zero-order valence-corrected chi connectivity index (χ0v) is 14.9. The molecule has 2 rings (SSSR count). The maximum Gasteiger partial charge on any atom is 0.193 e. The lowest BCUT2D eigenvalue weighted by atomic mass is 10.3. The summed E-state index contributed by atoms with van der Waals surface area (Å²) in [5, 5.41) is 3.04. The molecule has 0 aliphatic rings. The monoisotopic (exact) mass is 343 g/mol. The van der Waals surface area contributed by atoms with E-state index in [-0.39, 0.29) is 6.10 Å². The SMILES string of the molecule is COc1cccc(OCCN=C(N)Nc2ccc(OC(C)C)cc2)c1. The Balaban J connectivity index is 1.77. The van der Waals surface area contributed by atoms with Crippen LogP contribution in [0.3, 0.4) is 0 Å². The Morgan fingerprint density at radius 2 is 1.80 bits per heavy atom. The molecule has 134 valence electrons. The van der Waals surface area contributed by atoms with Gasteiger partial charge in [-0.1, -0.05) is 6.07 Å². The zero-order chi connectivity index (χ0) is 18.1. The lowest BCUT2D eigenvalue weighted by Gasteiger charge is -2.11. The molecule has 3 N–H and O–H groups in total. The number of anilines is 1. The number of methoxy groups -OCH3 is 1. The molecule has 0 radical (unpaired) electrons. The highest BCUT2D eigenvalue weighted by atomic mass is 16.5. The normalized spacial score (nSPS) is 11.3. The first-order valence-corrected chi connectivity index (χ1v) is 8.17. The molecule has 0 atom stereocenters. The van der Waals surface area contributed by atoms with Crippen LogP contribution in [0.25, 0.3) is 0 Å². The second kappa shape index (κ2) is 9.42. The second-order valence-corrected chi connectivity index (χ2v) is 5.61. The number of ether oxygens (including phenoxy) is 3. The first-order valence-electron chi connectivity index (χ1n) is 8.17. The summed E-state index contributed by atoms with van der Waals surface area (Å²) in [6, 6.07) is 15.0. The van der Waals surface area contributed by atoms with E-state index in [0.29, 0.717) is 19.1 Å². The minimum absolute atomic E-state index is 0.148. The van der Waals surface area contributed by atoms with E-state index in [1.165, 1.54) is 0 Å². The van der Waals surface area contributed by atoms with Crippen molar-refractivity contribution in [2.24, 2.45) is 10.7 Å². The van der Waals surface area contributed by atoms with Crippen LogP contribution in [0.1, 0.15) is 13.8 Å². The zero-order valence-electron chi connectivity index (χ0n) is 14.9. The van der Waals surface area contributed by atoms with Crippen LogP contribution in [0.5, 0.6) is 17.2 Å². The molecule has 0 aliphatic carbocycles.